The molecule has 0 amide bonds. The summed E-state index contributed by atoms with van der Waals surface area (Å²) in [7, 11) is 0. The lowest BCUT2D eigenvalue weighted by molar-refractivity contribution is -0.252. The van der Waals surface area contributed by atoms with Crippen molar-refractivity contribution in [3.8, 4) is 0 Å². The van der Waals surface area contributed by atoms with Crippen molar-refractivity contribution in [3.63, 3.8) is 0 Å². The fourth-order valence-corrected chi connectivity index (χ4v) is 11.5. The summed E-state index contributed by atoms with van der Waals surface area (Å²) in [5, 5.41) is 0. The topological polar surface area (TPSA) is 43.4 Å². The Bertz CT molecular complexity index is 922. The Morgan fingerprint density at radius 2 is 1.43 bits per heavy atom. The second kappa shape index (κ2) is 7.59. The summed E-state index contributed by atoms with van der Waals surface area (Å²) in [5.74, 6) is 1.96. The number of hydrogen-bond donors (Lipinski definition) is 0. The first-order chi connectivity index (χ1) is 16.0. The zero-order valence-corrected chi connectivity index (χ0v) is 24.2. The summed E-state index contributed by atoms with van der Waals surface area (Å²) in [6.45, 7) is 21.3. The molecule has 3 nitrogen and oxygen atoms in total. The van der Waals surface area contributed by atoms with Crippen LogP contribution in [0.15, 0.2) is 0 Å². The summed E-state index contributed by atoms with van der Waals surface area (Å²) in [4.78, 5) is 26.2. The van der Waals surface area contributed by atoms with Crippen molar-refractivity contribution in [3.05, 3.63) is 0 Å². The van der Waals surface area contributed by atoms with Crippen LogP contribution in [0.5, 0.6) is 0 Å². The third kappa shape index (κ3) is 3.34. The second-order valence-corrected chi connectivity index (χ2v) is 16.1. The van der Waals surface area contributed by atoms with Gasteiger partial charge in [0, 0.05) is 19.3 Å². The molecule has 5 fully saturated rings. The molecule has 0 aromatic heterocycles. The average molecular weight is 485 g/mol. The van der Waals surface area contributed by atoms with Gasteiger partial charge in [-0.1, -0.05) is 55.4 Å². The van der Waals surface area contributed by atoms with Crippen LogP contribution in [-0.2, 0) is 14.3 Å². The van der Waals surface area contributed by atoms with Crippen LogP contribution in [0.3, 0.4) is 0 Å². The first-order valence-electron chi connectivity index (χ1n) is 14.7. The highest BCUT2D eigenvalue weighted by atomic mass is 16.5. The molecule has 5 aliphatic carbocycles. The average Bonchev–Trinajstić information content (AvgIpc) is 2.74. The number of carbonyl (C=O) groups excluding carboxylic acids is 2. The number of hydrogen-bond acceptors (Lipinski definition) is 3. The second-order valence-electron chi connectivity index (χ2n) is 16.1. The number of carbonyl (C=O) groups is 2. The molecular weight excluding hydrogens is 432 g/mol. The number of ketones is 1. The van der Waals surface area contributed by atoms with E-state index in [1.807, 2.05) is 0 Å². The molecule has 0 spiro atoms. The molecule has 0 aromatic carbocycles. The van der Waals surface area contributed by atoms with Crippen molar-refractivity contribution in [1.29, 1.82) is 0 Å². The molecule has 5 saturated carbocycles. The maximum Gasteiger partial charge on any atom is 0.302 e. The first kappa shape index (κ1) is 25.8. The van der Waals surface area contributed by atoms with Gasteiger partial charge in [-0.25, -0.2) is 0 Å². The SMILES string of the molecule is CC(=O)OC1CCC2C(C)(CC(=O)C3C2(C)CCC2(C)C4CC(C)(C)CCC4(C)CCC32C)C1C. The van der Waals surface area contributed by atoms with Crippen LogP contribution < -0.4 is 0 Å². The molecule has 10 unspecified atom stereocenters. The molecule has 35 heavy (non-hydrogen) atoms. The standard InChI is InChI=1S/C32H52O3/c1-20-23(35-21(2)33)10-11-24-29(6)15-17-31(8)25-19-27(3,4)12-13-28(25,5)14-16-32(31,9)26(29)22(34)18-30(20,24)7/h20,23-26H,10-19H2,1-9H3. The lowest BCUT2D eigenvalue weighted by Gasteiger charge is -2.74. The van der Waals surface area contributed by atoms with E-state index in [0.717, 1.165) is 12.8 Å². The summed E-state index contributed by atoms with van der Waals surface area (Å²) < 4.78 is 5.78. The Balaban J connectivity index is 1.54. The van der Waals surface area contributed by atoms with E-state index in [2.05, 4.69) is 55.4 Å². The maximum absolute atomic E-state index is 14.4. The van der Waals surface area contributed by atoms with Crippen molar-refractivity contribution in [1.82, 2.24) is 0 Å². The van der Waals surface area contributed by atoms with E-state index in [4.69, 9.17) is 4.74 Å². The number of rotatable bonds is 1. The van der Waals surface area contributed by atoms with Gasteiger partial charge in [-0.15, -0.1) is 0 Å². The van der Waals surface area contributed by atoms with Gasteiger partial charge in [-0.2, -0.15) is 0 Å². The fraction of sp³-hybridized carbons (Fsp3) is 0.938. The number of fused-ring (bicyclic) bond motifs is 7. The van der Waals surface area contributed by atoms with E-state index in [0.29, 0.717) is 34.9 Å². The zero-order chi connectivity index (χ0) is 25.8. The molecule has 0 saturated heterocycles. The molecule has 198 valence electrons. The zero-order valence-electron chi connectivity index (χ0n) is 24.2. The highest BCUT2D eigenvalue weighted by Crippen LogP contribution is 2.77. The summed E-state index contributed by atoms with van der Waals surface area (Å²) in [5.41, 5.74) is 1.11. The molecule has 5 rings (SSSR count). The van der Waals surface area contributed by atoms with Crippen LogP contribution in [0.1, 0.15) is 127 Å². The van der Waals surface area contributed by atoms with Crippen molar-refractivity contribution in [2.45, 2.75) is 133 Å². The predicted molar refractivity (Wildman–Crippen MR) is 141 cm³/mol. The third-order valence-corrected chi connectivity index (χ3v) is 13.9. The van der Waals surface area contributed by atoms with Gasteiger partial charge in [0.15, 0.2) is 0 Å². The van der Waals surface area contributed by atoms with E-state index in [1.165, 1.54) is 51.9 Å². The molecular formula is C32H52O3. The quantitative estimate of drug-likeness (QED) is 0.354. The van der Waals surface area contributed by atoms with Crippen molar-refractivity contribution in [2.24, 2.45) is 56.2 Å². The summed E-state index contributed by atoms with van der Waals surface area (Å²) >= 11 is 0. The van der Waals surface area contributed by atoms with Gasteiger partial charge in [0.1, 0.15) is 11.9 Å². The lowest BCUT2D eigenvalue weighted by Crippen LogP contribution is -2.70. The molecule has 0 heterocycles. The normalized spacial score (nSPS) is 55.1. The van der Waals surface area contributed by atoms with Gasteiger partial charge < -0.3 is 4.74 Å². The van der Waals surface area contributed by atoms with Crippen LogP contribution in [0.2, 0.25) is 0 Å². The van der Waals surface area contributed by atoms with Gasteiger partial charge in [0.25, 0.3) is 0 Å². The van der Waals surface area contributed by atoms with Gasteiger partial charge in [0.05, 0.1) is 0 Å². The van der Waals surface area contributed by atoms with Gasteiger partial charge in [0.2, 0.25) is 0 Å². The van der Waals surface area contributed by atoms with Crippen LogP contribution in [0.4, 0.5) is 0 Å². The largest absolute Gasteiger partial charge is 0.462 e. The number of ether oxygens (including phenoxy) is 1. The smallest absolute Gasteiger partial charge is 0.302 e. The van der Waals surface area contributed by atoms with Crippen LogP contribution in [0, 0.1) is 56.2 Å². The van der Waals surface area contributed by atoms with Crippen molar-refractivity contribution in [2.75, 3.05) is 0 Å². The monoisotopic (exact) mass is 484 g/mol. The molecule has 3 heteroatoms. The summed E-state index contributed by atoms with van der Waals surface area (Å²) in [6.07, 6.45) is 11.6. The Morgan fingerprint density at radius 3 is 2.09 bits per heavy atom. The minimum absolute atomic E-state index is 0.0473. The summed E-state index contributed by atoms with van der Waals surface area (Å²) in [6, 6.07) is 0. The van der Waals surface area contributed by atoms with E-state index in [9.17, 15) is 9.59 Å². The predicted octanol–water partition coefficient (Wildman–Crippen LogP) is 8.00. The Kier molecular flexibility index (Phi) is 5.59. The molecule has 5 aliphatic rings. The minimum Gasteiger partial charge on any atom is -0.462 e. The molecule has 0 aromatic rings. The number of Topliss-reactive ketones (excluding diaryl/α,β-unsaturated/α-hetero) is 1. The molecule has 0 radical (unpaired) electrons. The minimum atomic E-state index is -0.184. The Labute approximate surface area is 214 Å². The Morgan fingerprint density at radius 1 is 0.800 bits per heavy atom. The van der Waals surface area contributed by atoms with Crippen LogP contribution in [-0.4, -0.2) is 17.9 Å². The molecule has 0 bridgehead atoms. The van der Waals surface area contributed by atoms with E-state index in [-0.39, 0.29) is 45.6 Å². The van der Waals surface area contributed by atoms with Crippen LogP contribution >= 0.6 is 0 Å². The maximum atomic E-state index is 14.4. The Hall–Kier alpha value is -0.860. The number of esters is 1. The van der Waals surface area contributed by atoms with Gasteiger partial charge >= 0.3 is 5.97 Å². The molecule has 0 N–H and O–H groups in total. The molecule has 0 aliphatic heterocycles. The van der Waals surface area contributed by atoms with E-state index < -0.39 is 0 Å². The van der Waals surface area contributed by atoms with Crippen molar-refractivity contribution >= 4 is 11.8 Å². The molecule has 10 atom stereocenters. The third-order valence-electron chi connectivity index (χ3n) is 13.9. The highest BCUT2D eigenvalue weighted by molar-refractivity contribution is 5.85. The fourth-order valence-electron chi connectivity index (χ4n) is 11.5. The van der Waals surface area contributed by atoms with Crippen LogP contribution in [0.25, 0.3) is 0 Å². The first-order valence-corrected chi connectivity index (χ1v) is 14.7. The lowest BCUT2D eigenvalue weighted by atomic mass is 9.30. The highest BCUT2D eigenvalue weighted by Gasteiger charge is 2.73. The van der Waals surface area contributed by atoms with Gasteiger partial charge in [-0.3, -0.25) is 9.59 Å². The van der Waals surface area contributed by atoms with E-state index in [1.54, 1.807) is 0 Å². The van der Waals surface area contributed by atoms with Crippen molar-refractivity contribution < 1.29 is 14.3 Å². The van der Waals surface area contributed by atoms with E-state index >= 15 is 0 Å². The van der Waals surface area contributed by atoms with Gasteiger partial charge in [-0.05, 0) is 108 Å².